The molecule has 150 valence electrons. The number of hydrogen-bond acceptors (Lipinski definition) is 7. The fraction of sp³-hybridized carbons (Fsp3) is 0.286. The SMILES string of the molecule is CCc1ccc(C2=C[C@H](c3cc(OC)c(OC)c(OC)c3)n3nnnc3N2)cc1. The van der Waals surface area contributed by atoms with Crippen molar-refractivity contribution in [3.8, 4) is 17.2 Å². The van der Waals surface area contributed by atoms with Crippen LogP contribution in [-0.2, 0) is 6.42 Å². The van der Waals surface area contributed by atoms with Crippen molar-refractivity contribution in [1.29, 1.82) is 0 Å². The minimum Gasteiger partial charge on any atom is -0.493 e. The second-order valence-electron chi connectivity index (χ2n) is 6.61. The van der Waals surface area contributed by atoms with Crippen molar-refractivity contribution in [3.05, 3.63) is 59.2 Å². The van der Waals surface area contributed by atoms with Gasteiger partial charge in [0.15, 0.2) is 11.5 Å². The van der Waals surface area contributed by atoms with Crippen LogP contribution in [0, 0.1) is 0 Å². The second kappa shape index (κ2) is 7.83. The molecule has 0 amide bonds. The van der Waals surface area contributed by atoms with Crippen molar-refractivity contribution in [2.75, 3.05) is 26.6 Å². The zero-order valence-corrected chi connectivity index (χ0v) is 16.8. The molecule has 1 aliphatic rings. The van der Waals surface area contributed by atoms with Gasteiger partial charge in [0.05, 0.1) is 21.3 Å². The van der Waals surface area contributed by atoms with Gasteiger partial charge >= 0.3 is 0 Å². The van der Waals surface area contributed by atoms with Crippen LogP contribution in [0.15, 0.2) is 42.5 Å². The smallest absolute Gasteiger partial charge is 0.248 e. The molecule has 2 aromatic carbocycles. The summed E-state index contributed by atoms with van der Waals surface area (Å²) in [7, 11) is 4.78. The molecule has 8 heteroatoms. The van der Waals surface area contributed by atoms with E-state index in [0.717, 1.165) is 23.2 Å². The third-order valence-corrected chi connectivity index (χ3v) is 5.03. The molecule has 4 rings (SSSR count). The first-order valence-electron chi connectivity index (χ1n) is 9.34. The van der Waals surface area contributed by atoms with Gasteiger partial charge in [0.1, 0.15) is 6.04 Å². The molecular weight excluding hydrogens is 370 g/mol. The van der Waals surface area contributed by atoms with Crippen LogP contribution in [0.5, 0.6) is 17.2 Å². The van der Waals surface area contributed by atoms with Gasteiger partial charge in [-0.15, -0.1) is 0 Å². The van der Waals surface area contributed by atoms with E-state index in [-0.39, 0.29) is 6.04 Å². The summed E-state index contributed by atoms with van der Waals surface area (Å²) in [4.78, 5) is 0. The molecule has 0 unspecified atom stereocenters. The minimum atomic E-state index is -0.240. The van der Waals surface area contributed by atoms with Gasteiger partial charge in [0.2, 0.25) is 11.7 Å². The number of anilines is 1. The van der Waals surface area contributed by atoms with Gasteiger partial charge in [-0.05, 0) is 51.7 Å². The average molecular weight is 393 g/mol. The molecule has 8 nitrogen and oxygen atoms in total. The molecule has 1 aliphatic heterocycles. The molecule has 0 fully saturated rings. The van der Waals surface area contributed by atoms with E-state index in [4.69, 9.17) is 14.2 Å². The number of tetrazole rings is 1. The highest BCUT2D eigenvalue weighted by Gasteiger charge is 2.26. The van der Waals surface area contributed by atoms with Crippen molar-refractivity contribution < 1.29 is 14.2 Å². The molecule has 0 spiro atoms. The quantitative estimate of drug-likeness (QED) is 0.688. The van der Waals surface area contributed by atoms with Gasteiger partial charge in [-0.3, -0.25) is 0 Å². The summed E-state index contributed by atoms with van der Waals surface area (Å²) in [6.07, 6.45) is 3.09. The minimum absolute atomic E-state index is 0.240. The highest BCUT2D eigenvalue weighted by molar-refractivity contribution is 5.77. The van der Waals surface area contributed by atoms with Crippen molar-refractivity contribution >= 4 is 11.6 Å². The van der Waals surface area contributed by atoms with E-state index in [1.807, 2.05) is 12.1 Å². The number of aryl methyl sites for hydroxylation is 1. The van der Waals surface area contributed by atoms with E-state index < -0.39 is 0 Å². The fourth-order valence-electron chi connectivity index (χ4n) is 3.45. The first kappa shape index (κ1) is 18.8. The number of hydrogen-bond donors (Lipinski definition) is 1. The Bertz CT molecular complexity index is 1020. The summed E-state index contributed by atoms with van der Waals surface area (Å²) in [6.45, 7) is 2.14. The Morgan fingerprint density at radius 3 is 2.28 bits per heavy atom. The molecule has 0 saturated heterocycles. The van der Waals surface area contributed by atoms with E-state index in [2.05, 4.69) is 58.1 Å². The maximum atomic E-state index is 5.51. The molecule has 2 heterocycles. The van der Waals surface area contributed by atoms with Gasteiger partial charge in [-0.2, -0.15) is 4.68 Å². The van der Waals surface area contributed by atoms with E-state index in [0.29, 0.717) is 23.2 Å². The summed E-state index contributed by atoms with van der Waals surface area (Å²) < 4.78 is 18.2. The molecule has 3 aromatic rings. The van der Waals surface area contributed by atoms with Crippen LogP contribution < -0.4 is 19.5 Å². The molecule has 1 atom stereocenters. The van der Waals surface area contributed by atoms with Gasteiger partial charge in [0, 0.05) is 5.70 Å². The topological polar surface area (TPSA) is 83.3 Å². The summed E-state index contributed by atoms with van der Waals surface area (Å²) in [6, 6.07) is 12.0. The highest BCUT2D eigenvalue weighted by Crippen LogP contribution is 2.42. The lowest BCUT2D eigenvalue weighted by Gasteiger charge is -2.24. The van der Waals surface area contributed by atoms with Gasteiger partial charge in [0.25, 0.3) is 0 Å². The molecule has 0 aliphatic carbocycles. The van der Waals surface area contributed by atoms with Crippen LogP contribution in [-0.4, -0.2) is 41.5 Å². The monoisotopic (exact) mass is 393 g/mol. The van der Waals surface area contributed by atoms with E-state index >= 15 is 0 Å². The Labute approximate surface area is 169 Å². The fourth-order valence-corrected chi connectivity index (χ4v) is 3.45. The van der Waals surface area contributed by atoms with Crippen LogP contribution in [0.4, 0.5) is 5.95 Å². The number of nitrogens with zero attached hydrogens (tertiary/aromatic N) is 4. The summed E-state index contributed by atoms with van der Waals surface area (Å²) in [5.41, 5.74) is 4.20. The normalized spacial score (nSPS) is 15.2. The summed E-state index contributed by atoms with van der Waals surface area (Å²) >= 11 is 0. The first-order valence-corrected chi connectivity index (χ1v) is 9.34. The lowest BCUT2D eigenvalue weighted by Crippen LogP contribution is -2.20. The van der Waals surface area contributed by atoms with Crippen molar-refractivity contribution in [2.24, 2.45) is 0 Å². The van der Waals surface area contributed by atoms with E-state index in [1.165, 1.54) is 5.56 Å². The van der Waals surface area contributed by atoms with Crippen molar-refractivity contribution in [1.82, 2.24) is 20.2 Å². The largest absolute Gasteiger partial charge is 0.493 e. The van der Waals surface area contributed by atoms with Gasteiger partial charge in [-0.25, -0.2) is 0 Å². The number of rotatable bonds is 6. The van der Waals surface area contributed by atoms with Crippen molar-refractivity contribution in [3.63, 3.8) is 0 Å². The van der Waals surface area contributed by atoms with Gasteiger partial charge in [-0.1, -0.05) is 36.3 Å². The molecule has 0 saturated carbocycles. The average Bonchev–Trinajstić information content (AvgIpc) is 3.26. The van der Waals surface area contributed by atoms with Crippen LogP contribution in [0.3, 0.4) is 0 Å². The maximum Gasteiger partial charge on any atom is 0.248 e. The summed E-state index contributed by atoms with van der Waals surface area (Å²) in [5, 5.41) is 15.4. The van der Waals surface area contributed by atoms with E-state index in [9.17, 15) is 0 Å². The van der Waals surface area contributed by atoms with Crippen LogP contribution >= 0.6 is 0 Å². The number of methoxy groups -OCH3 is 3. The van der Waals surface area contributed by atoms with Crippen LogP contribution in [0.2, 0.25) is 0 Å². The number of aromatic nitrogens is 4. The predicted molar refractivity (Wildman–Crippen MR) is 109 cm³/mol. The third kappa shape index (κ3) is 3.37. The summed E-state index contributed by atoms with van der Waals surface area (Å²) in [5.74, 6) is 2.28. The zero-order chi connectivity index (χ0) is 20.4. The van der Waals surface area contributed by atoms with Gasteiger partial charge < -0.3 is 19.5 Å². The Balaban J connectivity index is 1.82. The van der Waals surface area contributed by atoms with Crippen LogP contribution in [0.1, 0.15) is 29.7 Å². The molecule has 0 radical (unpaired) electrons. The molecule has 1 aromatic heterocycles. The molecule has 29 heavy (non-hydrogen) atoms. The Morgan fingerprint density at radius 1 is 1.00 bits per heavy atom. The molecular formula is C21H23N5O3. The Hall–Kier alpha value is -3.55. The first-order chi connectivity index (χ1) is 14.2. The Morgan fingerprint density at radius 2 is 1.69 bits per heavy atom. The standard InChI is InChI=1S/C21H23N5O3/c1-5-13-6-8-14(9-7-13)16-12-17(26-21(22-16)23-24-25-26)15-10-18(27-2)20(29-4)19(11-15)28-3/h6-12,17H,5H2,1-4H3,(H,22,23,25)/t17-/m1/s1. The lowest BCUT2D eigenvalue weighted by atomic mass is 10.00. The Kier molecular flexibility index (Phi) is 5.07. The third-order valence-electron chi connectivity index (χ3n) is 5.03. The zero-order valence-electron chi connectivity index (χ0n) is 16.8. The molecule has 1 N–H and O–H groups in total. The van der Waals surface area contributed by atoms with E-state index in [1.54, 1.807) is 26.0 Å². The highest BCUT2D eigenvalue weighted by atomic mass is 16.5. The molecule has 0 bridgehead atoms. The van der Waals surface area contributed by atoms with Crippen LogP contribution in [0.25, 0.3) is 5.70 Å². The number of allylic oxidation sites excluding steroid dienone is 1. The number of ether oxygens (including phenoxy) is 3. The number of fused-ring (bicyclic) bond motifs is 1. The van der Waals surface area contributed by atoms with Crippen molar-refractivity contribution in [2.45, 2.75) is 19.4 Å². The number of nitrogens with one attached hydrogen (secondary N) is 1. The predicted octanol–water partition coefficient (Wildman–Crippen LogP) is 3.32. The lowest BCUT2D eigenvalue weighted by molar-refractivity contribution is 0.323. The maximum absolute atomic E-state index is 5.51. The number of benzene rings is 2. The second-order valence-corrected chi connectivity index (χ2v) is 6.61.